The van der Waals surface area contributed by atoms with Crippen molar-refractivity contribution in [2.45, 2.75) is 6.92 Å². The quantitative estimate of drug-likeness (QED) is 0.791. The number of carbonyl (C=O) groups is 2. The molecule has 0 aliphatic carbocycles. The maximum Gasteiger partial charge on any atom is 0.337 e. The van der Waals surface area contributed by atoms with Gasteiger partial charge in [-0.15, -0.1) is 0 Å². The van der Waals surface area contributed by atoms with Crippen molar-refractivity contribution >= 4 is 39.3 Å². The first-order valence-corrected chi connectivity index (χ1v) is 6.77. The zero-order valence-corrected chi connectivity index (χ0v) is 12.9. The van der Waals surface area contributed by atoms with Crippen molar-refractivity contribution in [2.24, 2.45) is 7.05 Å². The van der Waals surface area contributed by atoms with E-state index < -0.39 is 12.0 Å². The molecule has 0 fully saturated rings. The van der Waals surface area contributed by atoms with Crippen LogP contribution in [0.25, 0.3) is 0 Å². The van der Waals surface area contributed by atoms with Gasteiger partial charge in [0.25, 0.3) is 0 Å². The van der Waals surface area contributed by atoms with Crippen LogP contribution in [-0.2, 0) is 7.05 Å². The van der Waals surface area contributed by atoms with Crippen molar-refractivity contribution in [3.63, 3.8) is 0 Å². The molecule has 0 aliphatic rings. The number of carbonyl (C=O) groups excluding carboxylic acids is 1. The molecule has 0 bridgehead atoms. The van der Waals surface area contributed by atoms with Crippen LogP contribution in [0.5, 0.6) is 0 Å². The lowest BCUT2D eigenvalue weighted by Gasteiger charge is -2.09. The van der Waals surface area contributed by atoms with Gasteiger partial charge in [0.05, 0.1) is 22.6 Å². The Kier molecular flexibility index (Phi) is 4.27. The monoisotopic (exact) mass is 352 g/mol. The van der Waals surface area contributed by atoms with E-state index in [9.17, 15) is 9.59 Å². The van der Waals surface area contributed by atoms with E-state index in [0.717, 1.165) is 0 Å². The third-order valence-corrected chi connectivity index (χ3v) is 3.22. The number of aryl methyl sites for hydroxylation is 2. The zero-order chi connectivity index (χ0) is 15.6. The van der Waals surface area contributed by atoms with E-state index in [1.54, 1.807) is 30.9 Å². The number of nitrogens with one attached hydrogen (secondary N) is 2. The number of halogens is 1. The van der Waals surface area contributed by atoms with Crippen LogP contribution in [-0.4, -0.2) is 26.9 Å². The van der Waals surface area contributed by atoms with Gasteiger partial charge < -0.3 is 15.7 Å². The smallest absolute Gasteiger partial charge is 0.337 e. The molecule has 0 radical (unpaired) electrons. The lowest BCUT2D eigenvalue weighted by Crippen LogP contribution is -2.21. The largest absolute Gasteiger partial charge is 0.478 e. The molecule has 0 spiro atoms. The van der Waals surface area contributed by atoms with Crippen LogP contribution in [0.15, 0.2) is 28.9 Å². The second kappa shape index (κ2) is 5.96. The number of carboxylic acid groups (broad SMARTS) is 1. The molecule has 1 heterocycles. The molecule has 110 valence electrons. The van der Waals surface area contributed by atoms with E-state index in [4.69, 9.17) is 5.11 Å². The van der Waals surface area contributed by atoms with Gasteiger partial charge in [0.2, 0.25) is 0 Å². The van der Waals surface area contributed by atoms with E-state index in [-0.39, 0.29) is 11.3 Å². The summed E-state index contributed by atoms with van der Waals surface area (Å²) in [5.41, 5.74) is 1.44. The van der Waals surface area contributed by atoms with Crippen molar-refractivity contribution in [1.29, 1.82) is 0 Å². The van der Waals surface area contributed by atoms with E-state index in [1.165, 1.54) is 12.1 Å². The highest BCUT2D eigenvalue weighted by molar-refractivity contribution is 9.10. The molecule has 2 aromatic rings. The molecule has 7 nitrogen and oxygen atoms in total. The Balaban J connectivity index is 2.18. The number of anilines is 2. The van der Waals surface area contributed by atoms with Gasteiger partial charge in [-0.1, -0.05) is 15.9 Å². The fourth-order valence-electron chi connectivity index (χ4n) is 1.80. The van der Waals surface area contributed by atoms with Crippen molar-refractivity contribution in [3.8, 4) is 0 Å². The summed E-state index contributed by atoms with van der Waals surface area (Å²) in [5, 5.41) is 18.4. The Morgan fingerprint density at radius 1 is 1.29 bits per heavy atom. The van der Waals surface area contributed by atoms with Gasteiger partial charge in [0.1, 0.15) is 0 Å². The fraction of sp³-hybridized carbons (Fsp3) is 0.154. The van der Waals surface area contributed by atoms with Crippen LogP contribution < -0.4 is 10.6 Å². The Morgan fingerprint density at radius 2 is 1.95 bits per heavy atom. The number of carboxylic acids is 1. The van der Waals surface area contributed by atoms with E-state index >= 15 is 0 Å². The van der Waals surface area contributed by atoms with Crippen molar-refractivity contribution in [1.82, 2.24) is 9.78 Å². The Labute approximate surface area is 129 Å². The second-order valence-electron chi connectivity index (χ2n) is 4.38. The number of rotatable bonds is 3. The third kappa shape index (κ3) is 3.60. The maximum absolute atomic E-state index is 12.0. The van der Waals surface area contributed by atoms with E-state index in [1.807, 2.05) is 0 Å². The summed E-state index contributed by atoms with van der Waals surface area (Å²) in [6.07, 6.45) is 1.66. The number of hydrogen-bond donors (Lipinski definition) is 3. The van der Waals surface area contributed by atoms with Crippen LogP contribution in [0.1, 0.15) is 16.1 Å². The lowest BCUT2D eigenvalue weighted by molar-refractivity contribution is 0.0698. The van der Waals surface area contributed by atoms with Crippen LogP contribution in [0.3, 0.4) is 0 Å². The maximum atomic E-state index is 12.0. The number of aromatic nitrogens is 2. The SMILES string of the molecule is Cc1nn(C)cc1NC(=O)Nc1cc(Br)ccc1C(=O)O. The van der Waals surface area contributed by atoms with Crippen LogP contribution in [0.4, 0.5) is 16.2 Å². The van der Waals surface area contributed by atoms with Crippen LogP contribution in [0, 0.1) is 6.92 Å². The van der Waals surface area contributed by atoms with Gasteiger partial charge in [-0.25, -0.2) is 9.59 Å². The summed E-state index contributed by atoms with van der Waals surface area (Å²) >= 11 is 3.24. The number of urea groups is 1. The van der Waals surface area contributed by atoms with Gasteiger partial charge >= 0.3 is 12.0 Å². The summed E-state index contributed by atoms with van der Waals surface area (Å²) in [6, 6.07) is 4.00. The summed E-state index contributed by atoms with van der Waals surface area (Å²) in [4.78, 5) is 23.1. The van der Waals surface area contributed by atoms with Crippen molar-refractivity contribution < 1.29 is 14.7 Å². The normalized spacial score (nSPS) is 10.2. The van der Waals surface area contributed by atoms with Crippen LogP contribution in [0.2, 0.25) is 0 Å². The highest BCUT2D eigenvalue weighted by Crippen LogP contribution is 2.22. The predicted molar refractivity (Wildman–Crippen MR) is 81.7 cm³/mol. The van der Waals surface area contributed by atoms with Gasteiger partial charge in [-0.3, -0.25) is 4.68 Å². The van der Waals surface area contributed by atoms with Gasteiger partial charge in [0.15, 0.2) is 0 Å². The molecule has 8 heteroatoms. The summed E-state index contributed by atoms with van der Waals surface area (Å²) < 4.78 is 2.24. The minimum atomic E-state index is -1.12. The average molecular weight is 353 g/mol. The molecule has 3 N–H and O–H groups in total. The molecule has 0 atom stereocenters. The molecule has 0 saturated heterocycles. The summed E-state index contributed by atoms with van der Waals surface area (Å²) in [5.74, 6) is -1.12. The molecule has 2 amide bonds. The first kappa shape index (κ1) is 15.0. The molecular formula is C13H13BrN4O3. The van der Waals surface area contributed by atoms with Gasteiger partial charge in [-0.2, -0.15) is 5.10 Å². The molecule has 1 aromatic carbocycles. The van der Waals surface area contributed by atoms with Crippen molar-refractivity contribution in [2.75, 3.05) is 10.6 Å². The molecule has 2 rings (SSSR count). The van der Waals surface area contributed by atoms with E-state index in [2.05, 4.69) is 31.7 Å². The standard InChI is InChI=1S/C13H13BrN4O3/c1-7-11(6-18(2)17-7)16-13(21)15-10-5-8(14)3-4-9(10)12(19)20/h3-6H,1-2H3,(H,19,20)(H2,15,16,21). The fourth-order valence-corrected chi connectivity index (χ4v) is 2.17. The molecule has 0 aliphatic heterocycles. The molecule has 1 aromatic heterocycles. The minimum Gasteiger partial charge on any atom is -0.478 e. The predicted octanol–water partition coefficient (Wildman–Crippen LogP) is 2.83. The van der Waals surface area contributed by atoms with Crippen molar-refractivity contribution in [3.05, 3.63) is 40.1 Å². The average Bonchev–Trinajstić information content (AvgIpc) is 2.67. The first-order valence-electron chi connectivity index (χ1n) is 5.98. The number of nitrogens with zero attached hydrogens (tertiary/aromatic N) is 2. The van der Waals surface area contributed by atoms with Gasteiger partial charge in [-0.05, 0) is 25.1 Å². The van der Waals surface area contributed by atoms with Gasteiger partial charge in [0, 0.05) is 17.7 Å². The molecule has 0 saturated carbocycles. The Hall–Kier alpha value is -2.35. The zero-order valence-electron chi connectivity index (χ0n) is 11.3. The number of hydrogen-bond acceptors (Lipinski definition) is 3. The molecule has 0 unspecified atom stereocenters. The molecular weight excluding hydrogens is 340 g/mol. The first-order chi connectivity index (χ1) is 9.86. The number of benzene rings is 1. The number of amides is 2. The second-order valence-corrected chi connectivity index (χ2v) is 5.29. The lowest BCUT2D eigenvalue weighted by atomic mass is 10.2. The Morgan fingerprint density at radius 3 is 2.52 bits per heavy atom. The highest BCUT2D eigenvalue weighted by Gasteiger charge is 2.14. The van der Waals surface area contributed by atoms with Crippen LogP contribution >= 0.6 is 15.9 Å². The molecule has 21 heavy (non-hydrogen) atoms. The summed E-state index contributed by atoms with van der Waals surface area (Å²) in [6.45, 7) is 1.76. The third-order valence-electron chi connectivity index (χ3n) is 2.72. The van der Waals surface area contributed by atoms with E-state index in [0.29, 0.717) is 15.9 Å². The minimum absolute atomic E-state index is 0.0104. The highest BCUT2D eigenvalue weighted by atomic mass is 79.9. The Bertz CT molecular complexity index is 711. The topological polar surface area (TPSA) is 96.3 Å². The summed E-state index contributed by atoms with van der Waals surface area (Å²) in [7, 11) is 1.74. The number of aromatic carboxylic acids is 1.